The SMILES string of the molecule is CNC(CO)c1ccc2c(c1)CCC2. The van der Waals surface area contributed by atoms with Crippen molar-refractivity contribution in [2.45, 2.75) is 25.3 Å². The number of benzene rings is 1. The van der Waals surface area contributed by atoms with E-state index in [2.05, 4.69) is 23.5 Å². The van der Waals surface area contributed by atoms with Crippen LogP contribution in [-0.2, 0) is 12.8 Å². The maximum Gasteiger partial charge on any atom is 0.0626 e. The van der Waals surface area contributed by atoms with E-state index in [1.54, 1.807) is 0 Å². The second-order valence-corrected chi connectivity index (χ2v) is 3.91. The summed E-state index contributed by atoms with van der Waals surface area (Å²) in [4.78, 5) is 0. The van der Waals surface area contributed by atoms with Crippen LogP contribution in [0.25, 0.3) is 0 Å². The monoisotopic (exact) mass is 191 g/mol. The largest absolute Gasteiger partial charge is 0.394 e. The van der Waals surface area contributed by atoms with Gasteiger partial charge in [-0.1, -0.05) is 18.2 Å². The van der Waals surface area contributed by atoms with Gasteiger partial charge in [-0.25, -0.2) is 0 Å². The molecule has 0 aliphatic heterocycles. The van der Waals surface area contributed by atoms with Crippen molar-refractivity contribution in [3.05, 3.63) is 34.9 Å². The van der Waals surface area contributed by atoms with Crippen LogP contribution < -0.4 is 5.32 Å². The van der Waals surface area contributed by atoms with Gasteiger partial charge in [0, 0.05) is 0 Å². The smallest absolute Gasteiger partial charge is 0.0626 e. The highest BCUT2D eigenvalue weighted by Crippen LogP contribution is 2.25. The van der Waals surface area contributed by atoms with E-state index in [0.29, 0.717) is 0 Å². The highest BCUT2D eigenvalue weighted by molar-refractivity contribution is 5.36. The molecule has 14 heavy (non-hydrogen) atoms. The Morgan fingerprint density at radius 1 is 1.36 bits per heavy atom. The van der Waals surface area contributed by atoms with Crippen LogP contribution in [0.15, 0.2) is 18.2 Å². The van der Waals surface area contributed by atoms with Gasteiger partial charge in [0.1, 0.15) is 0 Å². The van der Waals surface area contributed by atoms with Crippen molar-refractivity contribution in [3.63, 3.8) is 0 Å². The predicted octanol–water partition coefficient (Wildman–Crippen LogP) is 1.43. The molecule has 2 rings (SSSR count). The van der Waals surface area contributed by atoms with Gasteiger partial charge >= 0.3 is 0 Å². The molecule has 2 N–H and O–H groups in total. The van der Waals surface area contributed by atoms with E-state index in [0.717, 1.165) is 0 Å². The van der Waals surface area contributed by atoms with Gasteiger partial charge in [0.15, 0.2) is 0 Å². The summed E-state index contributed by atoms with van der Waals surface area (Å²) < 4.78 is 0. The lowest BCUT2D eigenvalue weighted by Crippen LogP contribution is -2.20. The molecule has 0 bridgehead atoms. The van der Waals surface area contributed by atoms with Crippen molar-refractivity contribution >= 4 is 0 Å². The molecular formula is C12H17NO. The van der Waals surface area contributed by atoms with Crippen LogP contribution >= 0.6 is 0 Å². The number of aliphatic hydroxyl groups is 1. The molecule has 2 heteroatoms. The molecular weight excluding hydrogens is 174 g/mol. The summed E-state index contributed by atoms with van der Waals surface area (Å²) in [5.41, 5.74) is 4.16. The van der Waals surface area contributed by atoms with E-state index in [4.69, 9.17) is 5.11 Å². The molecule has 0 amide bonds. The lowest BCUT2D eigenvalue weighted by atomic mass is 10.0. The first-order chi connectivity index (χ1) is 6.85. The average molecular weight is 191 g/mol. The number of aliphatic hydroxyl groups excluding tert-OH is 1. The minimum atomic E-state index is 0.0842. The number of aryl methyl sites for hydroxylation is 2. The minimum absolute atomic E-state index is 0.0842. The van der Waals surface area contributed by atoms with Crippen molar-refractivity contribution in [3.8, 4) is 0 Å². The van der Waals surface area contributed by atoms with Crippen molar-refractivity contribution in [2.24, 2.45) is 0 Å². The maximum atomic E-state index is 9.17. The second kappa shape index (κ2) is 4.11. The van der Waals surface area contributed by atoms with Crippen molar-refractivity contribution in [2.75, 3.05) is 13.7 Å². The molecule has 1 unspecified atom stereocenters. The predicted molar refractivity (Wildman–Crippen MR) is 57.4 cm³/mol. The Balaban J connectivity index is 2.27. The van der Waals surface area contributed by atoms with Crippen LogP contribution in [0, 0.1) is 0 Å². The summed E-state index contributed by atoms with van der Waals surface area (Å²) >= 11 is 0. The van der Waals surface area contributed by atoms with Crippen LogP contribution in [0.5, 0.6) is 0 Å². The molecule has 76 valence electrons. The Morgan fingerprint density at radius 3 is 2.86 bits per heavy atom. The third kappa shape index (κ3) is 1.68. The van der Waals surface area contributed by atoms with E-state index in [9.17, 15) is 0 Å². The number of fused-ring (bicyclic) bond motifs is 1. The molecule has 1 aromatic rings. The molecule has 1 aromatic carbocycles. The molecule has 0 saturated carbocycles. The summed E-state index contributed by atoms with van der Waals surface area (Å²) in [5, 5.41) is 12.3. The summed E-state index contributed by atoms with van der Waals surface area (Å²) in [5.74, 6) is 0. The first-order valence-corrected chi connectivity index (χ1v) is 5.25. The standard InChI is InChI=1S/C12H17NO/c1-13-12(8-14)11-6-5-9-3-2-4-10(9)7-11/h5-7,12-14H,2-4,8H2,1H3. The second-order valence-electron chi connectivity index (χ2n) is 3.91. The highest BCUT2D eigenvalue weighted by atomic mass is 16.3. The molecule has 0 saturated heterocycles. The van der Waals surface area contributed by atoms with Gasteiger partial charge in [-0.15, -0.1) is 0 Å². The lowest BCUT2D eigenvalue weighted by Gasteiger charge is -2.14. The van der Waals surface area contributed by atoms with Crippen molar-refractivity contribution in [1.82, 2.24) is 5.32 Å². The Labute approximate surface area is 85.0 Å². The zero-order chi connectivity index (χ0) is 9.97. The molecule has 1 atom stereocenters. The molecule has 0 spiro atoms. The van der Waals surface area contributed by atoms with E-state index in [1.165, 1.54) is 36.0 Å². The van der Waals surface area contributed by atoms with Crippen LogP contribution in [0.2, 0.25) is 0 Å². The van der Waals surface area contributed by atoms with Gasteiger partial charge in [-0.05, 0) is 43.0 Å². The van der Waals surface area contributed by atoms with E-state index in [-0.39, 0.29) is 12.6 Å². The molecule has 0 radical (unpaired) electrons. The molecule has 1 aliphatic carbocycles. The van der Waals surface area contributed by atoms with E-state index in [1.807, 2.05) is 7.05 Å². The number of hydrogen-bond acceptors (Lipinski definition) is 2. The van der Waals surface area contributed by atoms with Crippen LogP contribution in [0.1, 0.15) is 29.2 Å². The third-order valence-electron chi connectivity index (χ3n) is 3.06. The Bertz CT molecular complexity index is 318. The highest BCUT2D eigenvalue weighted by Gasteiger charge is 2.14. The summed E-state index contributed by atoms with van der Waals surface area (Å²) in [6.07, 6.45) is 3.70. The lowest BCUT2D eigenvalue weighted by molar-refractivity contribution is 0.251. The topological polar surface area (TPSA) is 32.3 Å². The fourth-order valence-corrected chi connectivity index (χ4v) is 2.17. The first-order valence-electron chi connectivity index (χ1n) is 5.25. The summed E-state index contributed by atoms with van der Waals surface area (Å²) in [6, 6.07) is 6.65. The number of nitrogens with one attached hydrogen (secondary N) is 1. The van der Waals surface area contributed by atoms with Crippen molar-refractivity contribution in [1.29, 1.82) is 0 Å². The van der Waals surface area contributed by atoms with Gasteiger partial charge in [-0.3, -0.25) is 0 Å². The molecule has 2 nitrogen and oxygen atoms in total. The summed E-state index contributed by atoms with van der Waals surface area (Å²) in [7, 11) is 1.88. The van der Waals surface area contributed by atoms with Crippen LogP contribution in [0.3, 0.4) is 0 Å². The van der Waals surface area contributed by atoms with Crippen LogP contribution in [-0.4, -0.2) is 18.8 Å². The van der Waals surface area contributed by atoms with Gasteiger partial charge < -0.3 is 10.4 Å². The summed E-state index contributed by atoms with van der Waals surface area (Å²) in [6.45, 7) is 0.162. The number of rotatable bonds is 3. The zero-order valence-electron chi connectivity index (χ0n) is 8.59. The molecule has 0 aromatic heterocycles. The van der Waals surface area contributed by atoms with Gasteiger partial charge in [-0.2, -0.15) is 0 Å². The molecule has 0 fully saturated rings. The average Bonchev–Trinajstić information content (AvgIpc) is 2.66. The fourth-order valence-electron chi connectivity index (χ4n) is 2.17. The third-order valence-corrected chi connectivity index (χ3v) is 3.06. The van der Waals surface area contributed by atoms with E-state index >= 15 is 0 Å². The van der Waals surface area contributed by atoms with Gasteiger partial charge in [0.2, 0.25) is 0 Å². The van der Waals surface area contributed by atoms with Gasteiger partial charge in [0.25, 0.3) is 0 Å². The van der Waals surface area contributed by atoms with E-state index < -0.39 is 0 Å². The normalized spacial score (nSPS) is 16.7. The Kier molecular flexibility index (Phi) is 2.85. The Hall–Kier alpha value is -0.860. The Morgan fingerprint density at radius 2 is 2.14 bits per heavy atom. The maximum absolute atomic E-state index is 9.17. The van der Waals surface area contributed by atoms with Crippen LogP contribution in [0.4, 0.5) is 0 Å². The zero-order valence-corrected chi connectivity index (χ0v) is 8.59. The first kappa shape index (κ1) is 9.69. The molecule has 1 aliphatic rings. The minimum Gasteiger partial charge on any atom is -0.394 e. The number of hydrogen-bond donors (Lipinski definition) is 2. The quantitative estimate of drug-likeness (QED) is 0.757. The molecule has 0 heterocycles. The fraction of sp³-hybridized carbons (Fsp3) is 0.500. The van der Waals surface area contributed by atoms with Gasteiger partial charge in [0.05, 0.1) is 12.6 Å². The number of likely N-dealkylation sites (N-methyl/N-ethyl adjacent to an activating group) is 1. The van der Waals surface area contributed by atoms with Crippen molar-refractivity contribution < 1.29 is 5.11 Å².